The van der Waals surface area contributed by atoms with Gasteiger partial charge < -0.3 is 11.5 Å². The second kappa shape index (κ2) is 4.14. The first-order valence-electron chi connectivity index (χ1n) is 4.68. The Bertz CT molecular complexity index is 383. The fourth-order valence-electron chi connectivity index (χ4n) is 1.12. The van der Waals surface area contributed by atoms with Crippen LogP contribution in [0.2, 0.25) is 0 Å². The monoisotopic (exact) mass is 224 g/mol. The third kappa shape index (κ3) is 3.47. The minimum Gasteiger partial charge on any atom is -0.398 e. The summed E-state index contributed by atoms with van der Waals surface area (Å²) in [5.74, 6) is -0.450. The van der Waals surface area contributed by atoms with Gasteiger partial charge in [0.1, 0.15) is 0 Å². The van der Waals surface area contributed by atoms with Gasteiger partial charge in [0, 0.05) is 20.9 Å². The number of benzene rings is 1. The highest BCUT2D eigenvalue weighted by molar-refractivity contribution is 8.00. The molecule has 1 amide bonds. The van der Waals surface area contributed by atoms with E-state index in [9.17, 15) is 4.79 Å². The maximum absolute atomic E-state index is 10.9. The molecule has 1 rings (SSSR count). The molecule has 0 aliphatic carbocycles. The summed E-state index contributed by atoms with van der Waals surface area (Å²) < 4.78 is 0.0996. The fraction of sp³-hybridized carbons (Fsp3) is 0.364. The average molecular weight is 224 g/mol. The van der Waals surface area contributed by atoms with Crippen molar-refractivity contribution in [1.29, 1.82) is 0 Å². The largest absolute Gasteiger partial charge is 0.398 e. The van der Waals surface area contributed by atoms with Crippen molar-refractivity contribution in [3.63, 3.8) is 0 Å². The lowest BCUT2D eigenvalue weighted by Crippen LogP contribution is -2.12. The van der Waals surface area contributed by atoms with Crippen LogP contribution >= 0.6 is 11.8 Å². The molecule has 15 heavy (non-hydrogen) atoms. The lowest BCUT2D eigenvalue weighted by Gasteiger charge is -2.18. The molecule has 0 unspecified atom stereocenters. The smallest absolute Gasteiger partial charge is 0.248 e. The van der Waals surface area contributed by atoms with E-state index >= 15 is 0 Å². The average Bonchev–Trinajstić information content (AvgIpc) is 2.05. The van der Waals surface area contributed by atoms with Gasteiger partial charge in [-0.05, 0) is 18.2 Å². The van der Waals surface area contributed by atoms with Gasteiger partial charge in [-0.3, -0.25) is 4.79 Å². The molecule has 4 N–H and O–H groups in total. The van der Waals surface area contributed by atoms with Crippen LogP contribution in [0.3, 0.4) is 0 Å². The van der Waals surface area contributed by atoms with Gasteiger partial charge in [0.05, 0.1) is 0 Å². The summed E-state index contributed by atoms with van der Waals surface area (Å²) >= 11 is 1.67. The summed E-state index contributed by atoms with van der Waals surface area (Å²) in [5, 5.41) is 0. The van der Waals surface area contributed by atoms with Gasteiger partial charge in [-0.15, -0.1) is 11.8 Å². The Labute approximate surface area is 94.2 Å². The van der Waals surface area contributed by atoms with Crippen LogP contribution in [0.1, 0.15) is 31.1 Å². The van der Waals surface area contributed by atoms with Crippen LogP contribution in [-0.4, -0.2) is 10.7 Å². The number of amides is 1. The molecule has 0 fully saturated rings. The van der Waals surface area contributed by atoms with Gasteiger partial charge in [0.15, 0.2) is 0 Å². The highest BCUT2D eigenvalue weighted by atomic mass is 32.2. The van der Waals surface area contributed by atoms with Crippen LogP contribution in [-0.2, 0) is 0 Å². The zero-order valence-corrected chi connectivity index (χ0v) is 10.0. The Morgan fingerprint density at radius 1 is 1.33 bits per heavy atom. The van der Waals surface area contributed by atoms with Crippen molar-refractivity contribution >= 4 is 23.4 Å². The molecule has 0 radical (unpaired) electrons. The normalized spacial score (nSPS) is 11.4. The molecule has 0 atom stereocenters. The highest BCUT2D eigenvalue weighted by Crippen LogP contribution is 2.35. The van der Waals surface area contributed by atoms with E-state index in [-0.39, 0.29) is 4.75 Å². The predicted octanol–water partition coefficient (Wildman–Crippen LogP) is 2.26. The molecule has 1 aromatic rings. The van der Waals surface area contributed by atoms with Crippen LogP contribution < -0.4 is 11.5 Å². The van der Waals surface area contributed by atoms with E-state index in [1.165, 1.54) is 0 Å². The molecule has 0 saturated heterocycles. The van der Waals surface area contributed by atoms with Crippen LogP contribution in [0.15, 0.2) is 23.1 Å². The number of thioether (sulfide) groups is 1. The maximum Gasteiger partial charge on any atom is 0.248 e. The molecule has 3 nitrogen and oxygen atoms in total. The molecule has 1 aromatic carbocycles. The minimum absolute atomic E-state index is 0.0996. The van der Waals surface area contributed by atoms with E-state index in [1.807, 2.05) is 6.07 Å². The Hall–Kier alpha value is -1.16. The van der Waals surface area contributed by atoms with E-state index in [0.717, 1.165) is 4.90 Å². The summed E-state index contributed by atoms with van der Waals surface area (Å²) in [7, 11) is 0. The van der Waals surface area contributed by atoms with Gasteiger partial charge in [-0.1, -0.05) is 20.8 Å². The Kier molecular flexibility index (Phi) is 3.29. The summed E-state index contributed by atoms with van der Waals surface area (Å²) in [4.78, 5) is 11.9. The number of rotatable bonds is 2. The quantitative estimate of drug-likeness (QED) is 0.598. The van der Waals surface area contributed by atoms with Crippen LogP contribution in [0, 0.1) is 0 Å². The number of carbonyl (C=O) groups is 1. The van der Waals surface area contributed by atoms with Crippen molar-refractivity contribution in [2.45, 2.75) is 30.4 Å². The van der Waals surface area contributed by atoms with Gasteiger partial charge >= 0.3 is 0 Å². The first kappa shape index (κ1) is 11.9. The fourth-order valence-corrected chi connectivity index (χ4v) is 2.10. The topological polar surface area (TPSA) is 69.1 Å². The minimum atomic E-state index is -0.450. The lowest BCUT2D eigenvalue weighted by atomic mass is 10.2. The molecule has 0 aromatic heterocycles. The zero-order chi connectivity index (χ0) is 11.6. The predicted molar refractivity (Wildman–Crippen MR) is 65.0 cm³/mol. The summed E-state index contributed by atoms with van der Waals surface area (Å²) in [6.07, 6.45) is 0. The number of carbonyl (C=O) groups excluding carboxylic acids is 1. The van der Waals surface area contributed by atoms with Crippen LogP contribution in [0.5, 0.6) is 0 Å². The molecule has 0 spiro atoms. The standard InChI is InChI=1S/C11H16N2OS/c1-11(2,3)15-9-5-4-7(10(13)14)6-8(9)12/h4-6H,12H2,1-3H3,(H2,13,14). The summed E-state index contributed by atoms with van der Waals surface area (Å²) in [6.45, 7) is 6.33. The maximum atomic E-state index is 10.9. The molecule has 0 bridgehead atoms. The molecule has 0 heterocycles. The van der Waals surface area contributed by atoms with Gasteiger partial charge in [-0.25, -0.2) is 0 Å². The second-order valence-corrected chi connectivity index (χ2v) is 6.20. The first-order valence-corrected chi connectivity index (χ1v) is 5.49. The SMILES string of the molecule is CC(C)(C)Sc1ccc(C(N)=O)cc1N. The zero-order valence-electron chi connectivity index (χ0n) is 9.20. The van der Waals surface area contributed by atoms with Crippen molar-refractivity contribution in [3.8, 4) is 0 Å². The summed E-state index contributed by atoms with van der Waals surface area (Å²) in [6, 6.07) is 5.16. The molecule has 0 saturated carbocycles. The highest BCUT2D eigenvalue weighted by Gasteiger charge is 2.14. The Balaban J connectivity index is 2.99. The van der Waals surface area contributed by atoms with Gasteiger partial charge in [0.2, 0.25) is 5.91 Å². The van der Waals surface area contributed by atoms with Crippen LogP contribution in [0.4, 0.5) is 5.69 Å². The van der Waals surface area contributed by atoms with Gasteiger partial charge in [0.25, 0.3) is 0 Å². The van der Waals surface area contributed by atoms with E-state index < -0.39 is 5.91 Å². The van der Waals surface area contributed by atoms with E-state index in [4.69, 9.17) is 11.5 Å². The summed E-state index contributed by atoms with van der Waals surface area (Å²) in [5.41, 5.74) is 12.0. The molecule has 82 valence electrons. The second-order valence-electron chi connectivity index (χ2n) is 4.33. The molecule has 0 aliphatic rings. The first-order chi connectivity index (χ1) is 6.79. The third-order valence-corrected chi connectivity index (χ3v) is 2.91. The third-order valence-electron chi connectivity index (χ3n) is 1.71. The number of hydrogen-bond donors (Lipinski definition) is 2. The number of nitrogen functional groups attached to an aromatic ring is 1. The molecule has 0 aliphatic heterocycles. The molecule has 4 heteroatoms. The number of nitrogens with two attached hydrogens (primary N) is 2. The van der Waals surface area contributed by atoms with E-state index in [0.29, 0.717) is 11.3 Å². The lowest BCUT2D eigenvalue weighted by molar-refractivity contribution is 0.100. The van der Waals surface area contributed by atoms with Crippen molar-refractivity contribution in [1.82, 2.24) is 0 Å². The molecular weight excluding hydrogens is 208 g/mol. The van der Waals surface area contributed by atoms with Crippen molar-refractivity contribution in [2.75, 3.05) is 5.73 Å². The Morgan fingerprint density at radius 2 is 1.93 bits per heavy atom. The molecular formula is C11H16N2OS. The van der Waals surface area contributed by atoms with E-state index in [1.54, 1.807) is 23.9 Å². The van der Waals surface area contributed by atoms with E-state index in [2.05, 4.69) is 20.8 Å². The van der Waals surface area contributed by atoms with Crippen molar-refractivity contribution < 1.29 is 4.79 Å². The van der Waals surface area contributed by atoms with Crippen molar-refractivity contribution in [2.24, 2.45) is 5.73 Å². The number of hydrogen-bond acceptors (Lipinski definition) is 3. The Morgan fingerprint density at radius 3 is 2.33 bits per heavy atom. The van der Waals surface area contributed by atoms with Crippen LogP contribution in [0.25, 0.3) is 0 Å². The number of primary amides is 1. The van der Waals surface area contributed by atoms with Gasteiger partial charge in [-0.2, -0.15) is 0 Å². The van der Waals surface area contributed by atoms with Crippen molar-refractivity contribution in [3.05, 3.63) is 23.8 Å². The number of anilines is 1.